The van der Waals surface area contributed by atoms with Crippen molar-refractivity contribution in [3.05, 3.63) is 59.7 Å². The van der Waals surface area contributed by atoms with E-state index in [9.17, 15) is 9.59 Å². The number of rotatable bonds is 2. The van der Waals surface area contributed by atoms with Crippen LogP contribution in [-0.2, 0) is 9.53 Å². The van der Waals surface area contributed by atoms with Gasteiger partial charge < -0.3 is 19.9 Å². The first-order valence-corrected chi connectivity index (χ1v) is 8.98. The molecular formula is C21H22N4O3. The molecule has 3 amide bonds. The number of para-hydroxylation sites is 1. The lowest BCUT2D eigenvalue weighted by atomic mass is 10.1. The molecule has 1 aliphatic rings. The quantitative estimate of drug-likeness (QED) is 0.870. The van der Waals surface area contributed by atoms with Crippen molar-refractivity contribution in [3.8, 4) is 6.07 Å². The van der Waals surface area contributed by atoms with Crippen LogP contribution in [-0.4, -0.2) is 44.1 Å². The van der Waals surface area contributed by atoms with Crippen LogP contribution in [0.2, 0.25) is 0 Å². The van der Waals surface area contributed by atoms with Gasteiger partial charge in [-0.05, 0) is 24.3 Å². The predicted octanol–water partition coefficient (Wildman–Crippen LogP) is 3.15. The number of benzene rings is 2. The second-order valence-electron chi connectivity index (χ2n) is 6.55. The molecule has 144 valence electrons. The molecule has 2 aromatic rings. The van der Waals surface area contributed by atoms with Gasteiger partial charge in [0, 0.05) is 44.1 Å². The van der Waals surface area contributed by atoms with Crippen molar-refractivity contribution in [1.29, 1.82) is 5.26 Å². The molecule has 0 fully saturated rings. The van der Waals surface area contributed by atoms with E-state index in [1.165, 1.54) is 0 Å². The largest absolute Gasteiger partial charge is 0.375 e. The number of carbonyl (C=O) groups excluding carboxylic acids is 2. The molecule has 0 saturated carbocycles. The zero-order valence-electron chi connectivity index (χ0n) is 15.9. The summed E-state index contributed by atoms with van der Waals surface area (Å²) in [6, 6.07) is 16.0. The smallest absolute Gasteiger partial charge is 0.321 e. The summed E-state index contributed by atoms with van der Waals surface area (Å²) < 4.78 is 5.66. The molecule has 3 rings (SSSR count). The van der Waals surface area contributed by atoms with Crippen LogP contribution in [0.25, 0.3) is 0 Å². The van der Waals surface area contributed by atoms with Gasteiger partial charge in [0.25, 0.3) is 0 Å². The highest BCUT2D eigenvalue weighted by atomic mass is 16.5. The van der Waals surface area contributed by atoms with Crippen LogP contribution in [0.3, 0.4) is 0 Å². The summed E-state index contributed by atoms with van der Waals surface area (Å²) in [6.45, 7) is 0.569. The molecule has 0 saturated heterocycles. The van der Waals surface area contributed by atoms with Gasteiger partial charge in [-0.15, -0.1) is 0 Å². The maximum atomic E-state index is 12.9. The molecule has 0 aliphatic carbocycles. The maximum Gasteiger partial charge on any atom is 0.321 e. The van der Waals surface area contributed by atoms with Crippen LogP contribution < -0.4 is 10.2 Å². The fourth-order valence-corrected chi connectivity index (χ4v) is 3.24. The van der Waals surface area contributed by atoms with Crippen LogP contribution in [0.1, 0.15) is 23.7 Å². The summed E-state index contributed by atoms with van der Waals surface area (Å²) in [5, 5.41) is 11.8. The molecule has 28 heavy (non-hydrogen) atoms. The Balaban J connectivity index is 1.87. The molecule has 1 atom stereocenters. The number of urea groups is 1. The second kappa shape index (κ2) is 8.55. The first kappa shape index (κ1) is 19.4. The molecule has 0 spiro atoms. The van der Waals surface area contributed by atoms with Gasteiger partial charge in [-0.25, -0.2) is 4.79 Å². The normalized spacial score (nSPS) is 17.0. The highest BCUT2D eigenvalue weighted by Gasteiger charge is 2.27. The fraction of sp³-hybridized carbons (Fsp3) is 0.286. The van der Waals surface area contributed by atoms with E-state index in [1.807, 2.05) is 30.3 Å². The highest BCUT2D eigenvalue weighted by molar-refractivity contribution is 5.95. The summed E-state index contributed by atoms with van der Waals surface area (Å²) >= 11 is 0. The van der Waals surface area contributed by atoms with Gasteiger partial charge in [0.15, 0.2) is 0 Å². The lowest BCUT2D eigenvalue weighted by Gasteiger charge is -2.27. The van der Waals surface area contributed by atoms with Gasteiger partial charge in [0.05, 0.1) is 18.2 Å². The van der Waals surface area contributed by atoms with Crippen LogP contribution in [0, 0.1) is 11.3 Å². The van der Waals surface area contributed by atoms with E-state index in [4.69, 9.17) is 10.00 Å². The molecule has 0 radical (unpaired) electrons. The molecule has 1 N–H and O–H groups in total. The lowest BCUT2D eigenvalue weighted by molar-refractivity contribution is -0.118. The molecule has 0 bridgehead atoms. The molecule has 2 aromatic carbocycles. The minimum atomic E-state index is -0.374. The number of nitriles is 1. The van der Waals surface area contributed by atoms with E-state index >= 15 is 0 Å². The van der Waals surface area contributed by atoms with Crippen molar-refractivity contribution in [2.45, 2.75) is 12.5 Å². The van der Waals surface area contributed by atoms with Crippen molar-refractivity contribution < 1.29 is 14.3 Å². The third-order valence-electron chi connectivity index (χ3n) is 4.82. The summed E-state index contributed by atoms with van der Waals surface area (Å²) in [7, 11) is 3.32. The van der Waals surface area contributed by atoms with E-state index in [1.54, 1.807) is 48.2 Å². The van der Waals surface area contributed by atoms with E-state index in [0.717, 1.165) is 11.3 Å². The van der Waals surface area contributed by atoms with E-state index in [0.29, 0.717) is 17.8 Å². The SMILES string of the molecule is COC1CN(C(=O)Nc2cccc(C#N)c2)CCC(=O)N(C)c2ccccc21. The second-order valence-corrected chi connectivity index (χ2v) is 6.55. The van der Waals surface area contributed by atoms with E-state index < -0.39 is 0 Å². The Morgan fingerprint density at radius 3 is 2.79 bits per heavy atom. The molecule has 0 aromatic heterocycles. The van der Waals surface area contributed by atoms with Gasteiger partial charge in [-0.2, -0.15) is 5.26 Å². The van der Waals surface area contributed by atoms with Crippen molar-refractivity contribution in [2.75, 3.05) is 37.5 Å². The highest BCUT2D eigenvalue weighted by Crippen LogP contribution is 2.30. The van der Waals surface area contributed by atoms with Gasteiger partial charge in [0.1, 0.15) is 6.10 Å². The Labute approximate surface area is 164 Å². The molecule has 1 aliphatic heterocycles. The number of ether oxygens (including phenoxy) is 1. The number of hydrogen-bond acceptors (Lipinski definition) is 4. The van der Waals surface area contributed by atoms with Crippen LogP contribution in [0.15, 0.2) is 48.5 Å². The molecular weight excluding hydrogens is 356 g/mol. The molecule has 7 nitrogen and oxygen atoms in total. The number of amides is 3. The minimum absolute atomic E-state index is 0.0755. The Bertz CT molecular complexity index is 922. The number of methoxy groups -OCH3 is 1. The summed E-state index contributed by atoms with van der Waals surface area (Å²) in [6.07, 6.45) is -0.173. The topological polar surface area (TPSA) is 85.7 Å². The van der Waals surface area contributed by atoms with Crippen LogP contribution in [0.5, 0.6) is 0 Å². The number of fused-ring (bicyclic) bond motifs is 1. The summed E-state index contributed by atoms with van der Waals surface area (Å²) in [5.41, 5.74) is 2.62. The standard InChI is InChI=1S/C21H22N4O3/c1-24-18-9-4-3-8-17(18)19(28-2)14-25(11-10-20(24)26)21(27)23-16-7-5-6-15(12-16)13-22/h3-9,12,19H,10-11,14H2,1-2H3,(H,23,27). The number of carbonyl (C=O) groups is 2. The van der Waals surface area contributed by atoms with E-state index in [-0.39, 0.29) is 31.0 Å². The van der Waals surface area contributed by atoms with E-state index in [2.05, 4.69) is 5.32 Å². The lowest BCUT2D eigenvalue weighted by Crippen LogP contribution is -2.39. The zero-order chi connectivity index (χ0) is 20.1. The zero-order valence-corrected chi connectivity index (χ0v) is 15.9. The predicted molar refractivity (Wildman–Crippen MR) is 106 cm³/mol. The monoisotopic (exact) mass is 378 g/mol. The van der Waals surface area contributed by atoms with Crippen molar-refractivity contribution in [1.82, 2.24) is 4.90 Å². The Morgan fingerprint density at radius 1 is 1.25 bits per heavy atom. The summed E-state index contributed by atoms with van der Waals surface area (Å²) in [5.74, 6) is -0.0755. The Morgan fingerprint density at radius 2 is 2.04 bits per heavy atom. The molecule has 1 heterocycles. The Kier molecular flexibility index (Phi) is 5.92. The van der Waals surface area contributed by atoms with Gasteiger partial charge in [-0.1, -0.05) is 24.3 Å². The number of nitrogens with one attached hydrogen (secondary N) is 1. The van der Waals surface area contributed by atoms with Gasteiger partial charge >= 0.3 is 6.03 Å². The fourth-order valence-electron chi connectivity index (χ4n) is 3.24. The third-order valence-corrected chi connectivity index (χ3v) is 4.82. The average Bonchev–Trinajstić information content (AvgIpc) is 2.77. The first-order valence-electron chi connectivity index (χ1n) is 8.98. The number of hydrogen-bond donors (Lipinski definition) is 1. The van der Waals surface area contributed by atoms with Gasteiger partial charge in [0.2, 0.25) is 5.91 Å². The molecule has 7 heteroatoms. The number of nitrogens with zero attached hydrogens (tertiary/aromatic N) is 3. The summed E-state index contributed by atoms with van der Waals surface area (Å²) in [4.78, 5) is 28.6. The van der Waals surface area contributed by atoms with Crippen LogP contribution in [0.4, 0.5) is 16.2 Å². The van der Waals surface area contributed by atoms with Crippen molar-refractivity contribution in [2.24, 2.45) is 0 Å². The Hall–Kier alpha value is -3.37. The number of anilines is 2. The average molecular weight is 378 g/mol. The van der Waals surface area contributed by atoms with Crippen molar-refractivity contribution >= 4 is 23.3 Å². The molecule has 1 unspecified atom stereocenters. The van der Waals surface area contributed by atoms with Gasteiger partial charge in [-0.3, -0.25) is 4.79 Å². The third kappa shape index (κ3) is 4.13. The van der Waals surface area contributed by atoms with Crippen LogP contribution >= 0.6 is 0 Å². The maximum absolute atomic E-state index is 12.9. The van der Waals surface area contributed by atoms with Crippen molar-refractivity contribution in [3.63, 3.8) is 0 Å². The first-order chi connectivity index (χ1) is 13.5. The minimum Gasteiger partial charge on any atom is -0.375 e.